The molecule has 1 aromatic rings. The smallest absolute Gasteiger partial charge is 0.211 e. The van der Waals surface area contributed by atoms with Crippen LogP contribution in [0.25, 0.3) is 0 Å². The zero-order valence-electron chi connectivity index (χ0n) is 13.7. The van der Waals surface area contributed by atoms with E-state index in [9.17, 15) is 8.42 Å². The third-order valence-electron chi connectivity index (χ3n) is 3.23. The average molecular weight is 454 g/mol. The van der Waals surface area contributed by atoms with Gasteiger partial charge in [0.25, 0.3) is 0 Å². The number of nitrogens with two attached hydrogens (primary N) is 1. The van der Waals surface area contributed by atoms with Gasteiger partial charge in [0.1, 0.15) is 0 Å². The fourth-order valence-electron chi connectivity index (χ4n) is 2.04. The van der Waals surface area contributed by atoms with Crippen LogP contribution in [0.4, 0.5) is 0 Å². The summed E-state index contributed by atoms with van der Waals surface area (Å²) in [6.07, 6.45) is 2.76. The van der Waals surface area contributed by atoms with E-state index in [0.29, 0.717) is 32.0 Å². The molecule has 0 saturated heterocycles. The number of rotatable bonds is 9. The number of hydrogen-bond donors (Lipinski definition) is 2. The molecule has 0 spiro atoms. The topological polar surface area (TPSA) is 87.8 Å². The molecule has 132 valence electrons. The van der Waals surface area contributed by atoms with Gasteiger partial charge in [-0.25, -0.2) is 12.7 Å². The molecule has 0 radical (unpaired) electrons. The highest BCUT2D eigenvalue weighted by molar-refractivity contribution is 14.0. The molecule has 6 nitrogen and oxygen atoms in total. The molecular formula is C15H27IN4O2S. The molecule has 0 atom stereocenters. The van der Waals surface area contributed by atoms with Gasteiger partial charge in [-0.3, -0.25) is 4.99 Å². The van der Waals surface area contributed by atoms with E-state index in [1.807, 2.05) is 25.1 Å². The maximum Gasteiger partial charge on any atom is 0.211 e. The fraction of sp³-hybridized carbons (Fsp3) is 0.533. The number of aliphatic imine (C=N–C) groups is 1. The van der Waals surface area contributed by atoms with Crippen molar-refractivity contribution in [3.05, 3.63) is 35.9 Å². The van der Waals surface area contributed by atoms with Gasteiger partial charge >= 0.3 is 0 Å². The van der Waals surface area contributed by atoms with Crippen molar-refractivity contribution in [1.29, 1.82) is 0 Å². The van der Waals surface area contributed by atoms with Crippen LogP contribution in [0.1, 0.15) is 18.9 Å². The first-order chi connectivity index (χ1) is 10.4. The van der Waals surface area contributed by atoms with Crippen LogP contribution >= 0.6 is 24.0 Å². The largest absolute Gasteiger partial charge is 0.370 e. The highest BCUT2D eigenvalue weighted by atomic mass is 127. The first-order valence-corrected chi connectivity index (χ1v) is 9.31. The van der Waals surface area contributed by atoms with Crippen LogP contribution in [0.3, 0.4) is 0 Å². The van der Waals surface area contributed by atoms with Crippen LogP contribution in [-0.4, -0.2) is 51.1 Å². The molecular weight excluding hydrogens is 427 g/mol. The van der Waals surface area contributed by atoms with Crippen LogP contribution < -0.4 is 11.1 Å². The number of benzene rings is 1. The quantitative estimate of drug-likeness (QED) is 0.256. The average Bonchev–Trinajstić information content (AvgIpc) is 2.47. The second-order valence-corrected chi connectivity index (χ2v) is 7.02. The first-order valence-electron chi connectivity index (χ1n) is 7.46. The van der Waals surface area contributed by atoms with Crippen LogP contribution in [0, 0.1) is 0 Å². The zero-order valence-corrected chi connectivity index (χ0v) is 16.9. The summed E-state index contributed by atoms with van der Waals surface area (Å²) in [4.78, 5) is 4.21. The standard InChI is InChI=1S/C15H26N4O2S.HI/c1-3-19(22(2,20)21)13-7-11-17-15(16)18-12-10-14-8-5-4-6-9-14;/h4-6,8-9H,3,7,10-13H2,1-2H3,(H3,16,17,18);1H. The molecule has 3 N–H and O–H groups in total. The van der Waals surface area contributed by atoms with Crippen LogP contribution in [0.5, 0.6) is 0 Å². The number of nitrogens with zero attached hydrogens (tertiary/aromatic N) is 2. The Balaban J connectivity index is 0.00000484. The maximum absolute atomic E-state index is 11.4. The van der Waals surface area contributed by atoms with Crippen molar-refractivity contribution in [3.63, 3.8) is 0 Å². The van der Waals surface area contributed by atoms with Gasteiger partial charge in [0.2, 0.25) is 10.0 Å². The van der Waals surface area contributed by atoms with Gasteiger partial charge in [-0.05, 0) is 18.4 Å². The van der Waals surface area contributed by atoms with Crippen LogP contribution in [0.2, 0.25) is 0 Å². The van der Waals surface area contributed by atoms with Gasteiger partial charge < -0.3 is 11.1 Å². The van der Waals surface area contributed by atoms with Gasteiger partial charge in [0.05, 0.1) is 6.26 Å². The van der Waals surface area contributed by atoms with Gasteiger partial charge in [-0.15, -0.1) is 24.0 Å². The molecule has 0 heterocycles. The lowest BCUT2D eigenvalue weighted by Gasteiger charge is -2.16. The summed E-state index contributed by atoms with van der Waals surface area (Å²) in [5, 5.41) is 3.06. The lowest BCUT2D eigenvalue weighted by Crippen LogP contribution is -2.34. The molecule has 0 aromatic heterocycles. The summed E-state index contributed by atoms with van der Waals surface area (Å²) >= 11 is 0. The number of guanidine groups is 1. The molecule has 1 aromatic carbocycles. The third kappa shape index (κ3) is 9.77. The van der Waals surface area contributed by atoms with Gasteiger partial charge in [-0.1, -0.05) is 37.3 Å². The van der Waals surface area contributed by atoms with Crippen molar-refractivity contribution in [2.24, 2.45) is 10.7 Å². The molecule has 0 aliphatic rings. The Kier molecular flexibility index (Phi) is 11.2. The first kappa shape index (κ1) is 22.1. The summed E-state index contributed by atoms with van der Waals surface area (Å²) in [5.74, 6) is 0.401. The van der Waals surface area contributed by atoms with Crippen molar-refractivity contribution >= 4 is 40.0 Å². The Morgan fingerprint density at radius 1 is 1.30 bits per heavy atom. The minimum absolute atomic E-state index is 0. The fourth-order valence-corrected chi connectivity index (χ4v) is 2.97. The predicted molar refractivity (Wildman–Crippen MR) is 107 cm³/mol. The molecule has 0 aliphatic heterocycles. The third-order valence-corrected chi connectivity index (χ3v) is 4.61. The number of sulfonamides is 1. The van der Waals surface area contributed by atoms with Crippen molar-refractivity contribution in [2.75, 3.05) is 32.4 Å². The van der Waals surface area contributed by atoms with Crippen molar-refractivity contribution in [2.45, 2.75) is 19.8 Å². The SMILES string of the molecule is CCN(CCCN=C(N)NCCc1ccccc1)S(C)(=O)=O.I. The molecule has 23 heavy (non-hydrogen) atoms. The van der Waals surface area contributed by atoms with Crippen molar-refractivity contribution < 1.29 is 8.42 Å². The second-order valence-electron chi connectivity index (χ2n) is 5.04. The van der Waals surface area contributed by atoms with E-state index in [4.69, 9.17) is 5.73 Å². The number of nitrogens with one attached hydrogen (secondary N) is 1. The Labute approximate surface area is 156 Å². The molecule has 0 amide bonds. The molecule has 1 rings (SSSR count). The van der Waals surface area contributed by atoms with E-state index in [-0.39, 0.29) is 24.0 Å². The van der Waals surface area contributed by atoms with Crippen LogP contribution in [0.15, 0.2) is 35.3 Å². The molecule has 0 bridgehead atoms. The summed E-state index contributed by atoms with van der Waals surface area (Å²) in [5.41, 5.74) is 7.03. The molecule has 0 saturated carbocycles. The molecule has 8 heteroatoms. The van der Waals surface area contributed by atoms with Gasteiger partial charge in [-0.2, -0.15) is 0 Å². The van der Waals surface area contributed by atoms with E-state index < -0.39 is 10.0 Å². The predicted octanol–water partition coefficient (Wildman–Crippen LogP) is 1.42. The lowest BCUT2D eigenvalue weighted by molar-refractivity contribution is 0.427. The van der Waals surface area contributed by atoms with E-state index in [1.54, 1.807) is 0 Å². The minimum atomic E-state index is -3.12. The van der Waals surface area contributed by atoms with Gasteiger partial charge in [0, 0.05) is 26.2 Å². The molecule has 0 aliphatic carbocycles. The van der Waals surface area contributed by atoms with Gasteiger partial charge in [0.15, 0.2) is 5.96 Å². The normalized spacial score (nSPS) is 12.0. The number of hydrogen-bond acceptors (Lipinski definition) is 3. The highest BCUT2D eigenvalue weighted by Gasteiger charge is 2.12. The molecule has 0 unspecified atom stereocenters. The van der Waals surface area contributed by atoms with Crippen LogP contribution in [-0.2, 0) is 16.4 Å². The Morgan fingerprint density at radius 3 is 2.52 bits per heavy atom. The monoisotopic (exact) mass is 454 g/mol. The van der Waals surface area contributed by atoms with Crippen molar-refractivity contribution in [3.8, 4) is 0 Å². The minimum Gasteiger partial charge on any atom is -0.370 e. The summed E-state index contributed by atoms with van der Waals surface area (Å²) < 4.78 is 24.3. The van der Waals surface area contributed by atoms with Crippen molar-refractivity contribution in [1.82, 2.24) is 9.62 Å². The summed E-state index contributed by atoms with van der Waals surface area (Å²) in [6, 6.07) is 10.1. The van der Waals surface area contributed by atoms with E-state index in [2.05, 4.69) is 22.4 Å². The second kappa shape index (κ2) is 11.6. The lowest BCUT2D eigenvalue weighted by atomic mass is 10.1. The number of halogens is 1. The highest BCUT2D eigenvalue weighted by Crippen LogP contribution is 1.99. The van der Waals surface area contributed by atoms with E-state index >= 15 is 0 Å². The Hall–Kier alpha value is -0.870. The zero-order chi connectivity index (χ0) is 16.4. The van der Waals surface area contributed by atoms with E-state index in [1.165, 1.54) is 16.1 Å². The Bertz CT molecular complexity index is 564. The summed E-state index contributed by atoms with van der Waals surface area (Å²) in [7, 11) is -3.12. The van der Waals surface area contributed by atoms with E-state index in [0.717, 1.165) is 13.0 Å². The molecule has 0 fully saturated rings. The summed E-state index contributed by atoms with van der Waals surface area (Å²) in [6.45, 7) is 4.01. The maximum atomic E-state index is 11.4. The Morgan fingerprint density at radius 2 is 1.96 bits per heavy atom.